The lowest BCUT2D eigenvalue weighted by molar-refractivity contribution is -0.116. The molecule has 3 aromatic rings. The monoisotopic (exact) mass is 373 g/mol. The Kier molecular flexibility index (Phi) is 4.71. The molecular weight excluding hydrogens is 354 g/mol. The lowest BCUT2D eigenvalue weighted by atomic mass is 9.90. The van der Waals surface area contributed by atoms with Crippen LogP contribution in [0.25, 0.3) is 27.2 Å². The number of benzene rings is 1. The predicted molar refractivity (Wildman–Crippen MR) is 108 cm³/mol. The van der Waals surface area contributed by atoms with Gasteiger partial charge >= 0.3 is 0 Å². The molecule has 28 heavy (non-hydrogen) atoms. The van der Waals surface area contributed by atoms with E-state index in [4.69, 9.17) is 4.98 Å². The lowest BCUT2D eigenvalue weighted by Gasteiger charge is -2.21. The molecule has 2 N–H and O–H groups in total. The molecule has 1 aliphatic rings. The molecule has 0 aliphatic heterocycles. The van der Waals surface area contributed by atoms with E-state index >= 15 is 0 Å². The van der Waals surface area contributed by atoms with Gasteiger partial charge in [-0.1, -0.05) is 31.2 Å². The first-order valence-electron chi connectivity index (χ1n) is 9.16. The van der Waals surface area contributed by atoms with Gasteiger partial charge in [-0.15, -0.1) is 0 Å². The molecule has 2 aromatic heterocycles. The molecule has 1 atom stereocenters. The molecule has 0 radical (unpaired) electrons. The van der Waals surface area contributed by atoms with Crippen LogP contribution in [0.1, 0.15) is 29.5 Å². The summed E-state index contributed by atoms with van der Waals surface area (Å²) in [5.41, 5.74) is 2.02. The van der Waals surface area contributed by atoms with Crippen LogP contribution in [0.5, 0.6) is 0 Å². The minimum absolute atomic E-state index is 0.0163. The Balaban J connectivity index is 1.78. The Morgan fingerprint density at radius 2 is 2.04 bits per heavy atom. The average molecular weight is 373 g/mol. The molecule has 1 unspecified atom stereocenters. The van der Waals surface area contributed by atoms with Crippen molar-refractivity contribution in [1.29, 1.82) is 0 Å². The molecule has 1 amide bonds. The van der Waals surface area contributed by atoms with E-state index in [0.29, 0.717) is 22.3 Å². The summed E-state index contributed by atoms with van der Waals surface area (Å²) in [6.45, 7) is 1.91. The van der Waals surface area contributed by atoms with Crippen LogP contribution in [0.15, 0.2) is 54.8 Å². The summed E-state index contributed by atoms with van der Waals surface area (Å²) in [7, 11) is 0. The molecule has 6 heteroatoms. The van der Waals surface area contributed by atoms with E-state index in [9.17, 15) is 14.7 Å². The molecule has 0 bridgehead atoms. The Hall–Kier alpha value is -3.38. The van der Waals surface area contributed by atoms with E-state index in [-0.39, 0.29) is 18.2 Å². The highest BCUT2D eigenvalue weighted by Gasteiger charge is 2.28. The van der Waals surface area contributed by atoms with Crippen LogP contribution in [0.4, 0.5) is 0 Å². The maximum Gasteiger partial charge on any atom is 0.243 e. The number of nitrogens with zero attached hydrogens (tertiary/aromatic N) is 2. The third-order valence-corrected chi connectivity index (χ3v) is 4.74. The van der Waals surface area contributed by atoms with E-state index < -0.39 is 6.10 Å². The number of pyridine rings is 2. The second-order valence-corrected chi connectivity index (χ2v) is 6.60. The number of para-hydroxylation sites is 1. The Labute approximate surface area is 161 Å². The number of aromatic nitrogens is 2. The molecule has 1 aromatic carbocycles. The van der Waals surface area contributed by atoms with Crippen molar-refractivity contribution < 1.29 is 14.7 Å². The van der Waals surface area contributed by atoms with Gasteiger partial charge in [-0.05, 0) is 36.1 Å². The van der Waals surface area contributed by atoms with Crippen molar-refractivity contribution in [2.75, 3.05) is 6.54 Å². The summed E-state index contributed by atoms with van der Waals surface area (Å²) in [6.07, 6.45) is 5.83. The number of carbonyl (C=O) groups excluding carboxylic acids is 2. The van der Waals surface area contributed by atoms with E-state index in [1.54, 1.807) is 12.3 Å². The van der Waals surface area contributed by atoms with Gasteiger partial charge in [-0.3, -0.25) is 14.6 Å². The molecule has 0 fully saturated rings. The Bertz CT molecular complexity index is 1160. The largest absolute Gasteiger partial charge is 0.386 e. The first-order valence-corrected chi connectivity index (χ1v) is 9.16. The Morgan fingerprint density at radius 3 is 2.86 bits per heavy atom. The number of carbonyl (C=O) groups is 2. The number of hydrogen-bond donors (Lipinski definition) is 2. The number of aliphatic hydroxyl groups excluding tert-OH is 1. The first-order chi connectivity index (χ1) is 13.6. The fourth-order valence-electron chi connectivity index (χ4n) is 3.42. The standard InChI is InChI=1S/C22H19N3O3/c1-2-3-8-19(28)24-12-18(27)15-11-17(26)22-20-14(9-10-23-22)13-6-4-5-7-16(13)25-21(15)20/h3-11,18,27H,2,12H2,1H3,(H,24,28). The number of hydrogen-bond acceptors (Lipinski definition) is 5. The van der Waals surface area contributed by atoms with E-state index in [1.165, 1.54) is 12.2 Å². The summed E-state index contributed by atoms with van der Waals surface area (Å²) in [4.78, 5) is 33.4. The Morgan fingerprint density at radius 1 is 1.21 bits per heavy atom. The quantitative estimate of drug-likeness (QED) is 0.530. The lowest BCUT2D eigenvalue weighted by Crippen LogP contribution is -2.32. The summed E-state index contributed by atoms with van der Waals surface area (Å²) in [5.74, 6) is -0.566. The van der Waals surface area contributed by atoms with E-state index in [1.807, 2.05) is 37.3 Å². The summed E-state index contributed by atoms with van der Waals surface area (Å²) < 4.78 is 0. The van der Waals surface area contributed by atoms with Crippen LogP contribution in [-0.2, 0) is 4.79 Å². The zero-order chi connectivity index (χ0) is 19.7. The smallest absolute Gasteiger partial charge is 0.243 e. The third-order valence-electron chi connectivity index (χ3n) is 4.74. The topological polar surface area (TPSA) is 92.2 Å². The van der Waals surface area contributed by atoms with Gasteiger partial charge in [-0.2, -0.15) is 0 Å². The highest BCUT2D eigenvalue weighted by Crippen LogP contribution is 2.35. The normalized spacial score (nSPS) is 14.5. The van der Waals surface area contributed by atoms with E-state index in [2.05, 4.69) is 10.3 Å². The second-order valence-electron chi connectivity index (χ2n) is 6.60. The van der Waals surface area contributed by atoms with Crippen LogP contribution < -0.4 is 5.32 Å². The number of ketones is 1. The molecule has 0 saturated carbocycles. The fourth-order valence-corrected chi connectivity index (χ4v) is 3.42. The van der Waals surface area contributed by atoms with Crippen LogP contribution in [0.2, 0.25) is 0 Å². The minimum Gasteiger partial charge on any atom is -0.386 e. The summed E-state index contributed by atoms with van der Waals surface area (Å²) >= 11 is 0. The zero-order valence-corrected chi connectivity index (χ0v) is 15.3. The summed E-state index contributed by atoms with van der Waals surface area (Å²) in [6, 6.07) is 9.51. The van der Waals surface area contributed by atoms with Crippen molar-refractivity contribution in [3.63, 3.8) is 0 Å². The molecule has 4 rings (SSSR count). The number of rotatable bonds is 5. The van der Waals surface area contributed by atoms with Crippen molar-refractivity contribution >= 4 is 38.9 Å². The summed E-state index contributed by atoms with van der Waals surface area (Å²) in [5, 5.41) is 15.8. The third kappa shape index (κ3) is 3.08. The molecule has 0 spiro atoms. The van der Waals surface area contributed by atoms with Gasteiger partial charge in [0.05, 0.1) is 17.3 Å². The molecular formula is C22H19N3O3. The minimum atomic E-state index is -1.06. The predicted octanol–water partition coefficient (Wildman–Crippen LogP) is 2.81. The molecule has 140 valence electrons. The number of amides is 1. The second kappa shape index (κ2) is 7.32. The van der Waals surface area contributed by atoms with Gasteiger partial charge in [-0.25, -0.2) is 4.98 Å². The highest BCUT2D eigenvalue weighted by atomic mass is 16.3. The molecule has 0 saturated heterocycles. The van der Waals surface area contributed by atoms with Crippen molar-refractivity contribution in [2.24, 2.45) is 0 Å². The van der Waals surface area contributed by atoms with Gasteiger partial charge in [0.2, 0.25) is 11.7 Å². The number of aliphatic hydroxyl groups is 1. The SMILES string of the molecule is CCC=CC(=O)NCC(O)C1=CC(=O)c2nccc3c2c1nc1ccccc13. The van der Waals surface area contributed by atoms with E-state index in [0.717, 1.165) is 22.7 Å². The number of nitrogens with one attached hydrogen (secondary N) is 1. The van der Waals surface area contributed by atoms with Crippen molar-refractivity contribution in [3.8, 4) is 0 Å². The van der Waals surface area contributed by atoms with Crippen molar-refractivity contribution in [1.82, 2.24) is 15.3 Å². The van der Waals surface area contributed by atoms with Gasteiger partial charge in [0.1, 0.15) is 5.69 Å². The van der Waals surface area contributed by atoms with Gasteiger partial charge in [0.25, 0.3) is 0 Å². The number of fused-ring (bicyclic) bond motifs is 2. The van der Waals surface area contributed by atoms with Crippen LogP contribution in [0.3, 0.4) is 0 Å². The van der Waals surface area contributed by atoms with Gasteiger partial charge < -0.3 is 10.4 Å². The zero-order valence-electron chi connectivity index (χ0n) is 15.3. The average Bonchev–Trinajstić information content (AvgIpc) is 2.72. The van der Waals surface area contributed by atoms with Crippen LogP contribution >= 0.6 is 0 Å². The van der Waals surface area contributed by atoms with Crippen molar-refractivity contribution in [2.45, 2.75) is 19.4 Å². The van der Waals surface area contributed by atoms with Gasteiger partial charge in [0, 0.05) is 29.1 Å². The maximum absolute atomic E-state index is 12.6. The molecule has 1 aliphatic carbocycles. The molecule has 2 heterocycles. The fraction of sp³-hybridized carbons (Fsp3) is 0.182. The van der Waals surface area contributed by atoms with Crippen LogP contribution in [-0.4, -0.2) is 39.4 Å². The molecule has 6 nitrogen and oxygen atoms in total. The van der Waals surface area contributed by atoms with Gasteiger partial charge in [0.15, 0.2) is 0 Å². The van der Waals surface area contributed by atoms with Crippen molar-refractivity contribution in [3.05, 3.63) is 66.1 Å². The highest BCUT2D eigenvalue weighted by molar-refractivity contribution is 6.24. The first kappa shape index (κ1) is 18.0. The maximum atomic E-state index is 12.6. The van der Waals surface area contributed by atoms with Crippen LogP contribution in [0, 0.1) is 0 Å². The number of allylic oxidation sites excluding steroid dienone is 2.